The number of nitrogens with two attached hydrogens (primary N) is 1. The average Bonchev–Trinajstić information content (AvgIpc) is 3.08. The first-order valence-electron chi connectivity index (χ1n) is 8.52. The van der Waals surface area contributed by atoms with Crippen LogP contribution in [0.2, 0.25) is 0 Å². The molecule has 0 aliphatic carbocycles. The van der Waals surface area contributed by atoms with Crippen molar-refractivity contribution < 1.29 is 14.4 Å². The number of carbonyl (C=O) groups is 3. The molecule has 1 atom stereocenters. The lowest BCUT2D eigenvalue weighted by Gasteiger charge is -2.32. The van der Waals surface area contributed by atoms with E-state index in [0.717, 1.165) is 25.9 Å². The summed E-state index contributed by atoms with van der Waals surface area (Å²) in [5.41, 5.74) is 5.21. The van der Waals surface area contributed by atoms with Gasteiger partial charge in [-0.25, -0.2) is 0 Å². The Hall–Kier alpha value is -1.93. The number of primary amides is 1. The molecule has 138 valence electrons. The van der Waals surface area contributed by atoms with Gasteiger partial charge in [0.2, 0.25) is 11.8 Å². The number of likely N-dealkylation sites (tertiary alicyclic amines) is 1. The van der Waals surface area contributed by atoms with Crippen LogP contribution in [0.25, 0.3) is 0 Å². The number of amides is 3. The molecule has 0 radical (unpaired) electrons. The molecular formula is C17H26N4O3S. The van der Waals surface area contributed by atoms with Gasteiger partial charge in [0.25, 0.3) is 5.91 Å². The summed E-state index contributed by atoms with van der Waals surface area (Å²) in [7, 11) is 0. The maximum atomic E-state index is 12.6. The second kappa shape index (κ2) is 8.96. The second-order valence-corrected chi connectivity index (χ2v) is 7.65. The van der Waals surface area contributed by atoms with Gasteiger partial charge in [-0.2, -0.15) is 0 Å². The van der Waals surface area contributed by atoms with Crippen molar-refractivity contribution >= 4 is 29.1 Å². The van der Waals surface area contributed by atoms with Crippen LogP contribution >= 0.6 is 11.3 Å². The number of nitrogens with zero attached hydrogens (tertiary/aromatic N) is 1. The summed E-state index contributed by atoms with van der Waals surface area (Å²) in [6.07, 6.45) is 1.53. The molecule has 1 aromatic heterocycles. The highest BCUT2D eigenvalue weighted by Crippen LogP contribution is 2.13. The van der Waals surface area contributed by atoms with Crippen LogP contribution in [0.5, 0.6) is 0 Å². The van der Waals surface area contributed by atoms with Crippen LogP contribution in [-0.4, -0.2) is 54.3 Å². The third-order valence-corrected chi connectivity index (χ3v) is 5.16. The predicted octanol–water partition coefficient (Wildman–Crippen LogP) is 0.568. The molecule has 0 aromatic carbocycles. The molecule has 2 heterocycles. The number of rotatable bonds is 7. The van der Waals surface area contributed by atoms with Crippen LogP contribution in [0.4, 0.5) is 0 Å². The number of nitrogens with one attached hydrogen (secondary N) is 2. The van der Waals surface area contributed by atoms with E-state index in [1.807, 2.05) is 30.2 Å². The van der Waals surface area contributed by atoms with E-state index in [-0.39, 0.29) is 36.2 Å². The van der Waals surface area contributed by atoms with Gasteiger partial charge in [-0.1, -0.05) is 19.9 Å². The molecule has 1 aliphatic heterocycles. The van der Waals surface area contributed by atoms with Crippen molar-refractivity contribution in [3.8, 4) is 0 Å². The van der Waals surface area contributed by atoms with E-state index in [0.29, 0.717) is 4.88 Å². The first-order chi connectivity index (χ1) is 11.9. The topological polar surface area (TPSA) is 105 Å². The Labute approximate surface area is 151 Å². The Bertz CT molecular complexity index is 595. The van der Waals surface area contributed by atoms with E-state index >= 15 is 0 Å². The minimum atomic E-state index is -0.571. The van der Waals surface area contributed by atoms with Crippen LogP contribution in [0.1, 0.15) is 36.4 Å². The van der Waals surface area contributed by atoms with E-state index in [4.69, 9.17) is 5.73 Å². The number of carbonyl (C=O) groups excluding carboxylic acids is 3. The van der Waals surface area contributed by atoms with E-state index < -0.39 is 6.04 Å². The molecular weight excluding hydrogens is 340 g/mol. The molecule has 1 aliphatic rings. The van der Waals surface area contributed by atoms with Gasteiger partial charge in [0.15, 0.2) is 0 Å². The summed E-state index contributed by atoms with van der Waals surface area (Å²) in [5, 5.41) is 7.70. The van der Waals surface area contributed by atoms with Crippen LogP contribution < -0.4 is 16.4 Å². The van der Waals surface area contributed by atoms with Gasteiger partial charge in [-0.05, 0) is 30.2 Å². The Morgan fingerprint density at radius 2 is 2.00 bits per heavy atom. The zero-order chi connectivity index (χ0) is 18.4. The molecule has 8 heteroatoms. The highest BCUT2D eigenvalue weighted by Gasteiger charge is 2.28. The number of hydrogen-bond donors (Lipinski definition) is 3. The van der Waals surface area contributed by atoms with Crippen molar-refractivity contribution in [2.24, 2.45) is 11.7 Å². The minimum Gasteiger partial charge on any atom is -0.369 e. The minimum absolute atomic E-state index is 0.0149. The fraction of sp³-hybridized carbons (Fsp3) is 0.588. The molecule has 25 heavy (non-hydrogen) atoms. The van der Waals surface area contributed by atoms with Crippen LogP contribution in [0.15, 0.2) is 17.5 Å². The van der Waals surface area contributed by atoms with Gasteiger partial charge in [-0.15, -0.1) is 11.3 Å². The summed E-state index contributed by atoms with van der Waals surface area (Å²) in [4.78, 5) is 38.4. The number of thiophene rings is 1. The fourth-order valence-corrected chi connectivity index (χ4v) is 3.53. The molecule has 1 saturated heterocycles. The molecule has 1 unspecified atom stereocenters. The van der Waals surface area contributed by atoms with Crippen molar-refractivity contribution in [1.82, 2.24) is 15.5 Å². The predicted molar refractivity (Wildman–Crippen MR) is 97.2 cm³/mol. The SMILES string of the molecule is CC(C)C(NC(=O)c1cccs1)C(=O)NC1CCN(CC(N)=O)CC1. The zero-order valence-electron chi connectivity index (χ0n) is 14.7. The van der Waals surface area contributed by atoms with Gasteiger partial charge in [-0.3, -0.25) is 19.3 Å². The summed E-state index contributed by atoms with van der Waals surface area (Å²) >= 11 is 1.35. The van der Waals surface area contributed by atoms with Gasteiger partial charge in [0.1, 0.15) is 6.04 Å². The summed E-state index contributed by atoms with van der Waals surface area (Å²) in [6, 6.07) is 3.03. The van der Waals surface area contributed by atoms with Crippen molar-refractivity contribution in [2.45, 2.75) is 38.8 Å². The van der Waals surface area contributed by atoms with Crippen molar-refractivity contribution in [3.05, 3.63) is 22.4 Å². The summed E-state index contributed by atoms with van der Waals surface area (Å²) in [5.74, 6) is -0.731. The molecule has 1 aromatic rings. The Balaban J connectivity index is 1.86. The molecule has 0 saturated carbocycles. The lowest BCUT2D eigenvalue weighted by molar-refractivity contribution is -0.125. The van der Waals surface area contributed by atoms with Gasteiger partial charge >= 0.3 is 0 Å². The van der Waals surface area contributed by atoms with Crippen molar-refractivity contribution in [2.75, 3.05) is 19.6 Å². The smallest absolute Gasteiger partial charge is 0.262 e. The third-order valence-electron chi connectivity index (χ3n) is 4.29. The van der Waals surface area contributed by atoms with E-state index in [1.165, 1.54) is 11.3 Å². The molecule has 7 nitrogen and oxygen atoms in total. The zero-order valence-corrected chi connectivity index (χ0v) is 15.5. The maximum absolute atomic E-state index is 12.6. The number of piperidine rings is 1. The average molecular weight is 366 g/mol. The summed E-state index contributed by atoms with van der Waals surface area (Å²) in [6.45, 7) is 5.53. The van der Waals surface area contributed by atoms with Crippen LogP contribution in [0, 0.1) is 5.92 Å². The molecule has 0 bridgehead atoms. The third kappa shape index (κ3) is 5.82. The van der Waals surface area contributed by atoms with E-state index in [9.17, 15) is 14.4 Å². The monoisotopic (exact) mass is 366 g/mol. The lowest BCUT2D eigenvalue weighted by Crippen LogP contribution is -2.54. The second-order valence-electron chi connectivity index (χ2n) is 6.70. The van der Waals surface area contributed by atoms with Gasteiger partial charge in [0, 0.05) is 19.1 Å². The van der Waals surface area contributed by atoms with E-state index in [2.05, 4.69) is 10.6 Å². The molecule has 2 rings (SSSR count). The van der Waals surface area contributed by atoms with Crippen molar-refractivity contribution in [3.63, 3.8) is 0 Å². The highest BCUT2D eigenvalue weighted by molar-refractivity contribution is 7.12. The molecule has 3 amide bonds. The highest BCUT2D eigenvalue weighted by atomic mass is 32.1. The largest absolute Gasteiger partial charge is 0.369 e. The van der Waals surface area contributed by atoms with Gasteiger partial charge < -0.3 is 16.4 Å². The summed E-state index contributed by atoms with van der Waals surface area (Å²) < 4.78 is 0. The Morgan fingerprint density at radius 3 is 2.52 bits per heavy atom. The molecule has 0 spiro atoms. The lowest BCUT2D eigenvalue weighted by atomic mass is 10.0. The first kappa shape index (κ1) is 19.4. The molecule has 1 fully saturated rings. The van der Waals surface area contributed by atoms with Gasteiger partial charge in [0.05, 0.1) is 11.4 Å². The normalized spacial score (nSPS) is 17.2. The fourth-order valence-electron chi connectivity index (χ4n) is 2.90. The maximum Gasteiger partial charge on any atom is 0.262 e. The van der Waals surface area contributed by atoms with E-state index in [1.54, 1.807) is 6.07 Å². The Morgan fingerprint density at radius 1 is 1.32 bits per heavy atom. The first-order valence-corrected chi connectivity index (χ1v) is 9.40. The van der Waals surface area contributed by atoms with Crippen LogP contribution in [0.3, 0.4) is 0 Å². The van der Waals surface area contributed by atoms with Crippen molar-refractivity contribution in [1.29, 1.82) is 0 Å². The standard InChI is InChI=1S/C17H26N4O3S/c1-11(2)15(20-16(23)13-4-3-9-25-13)17(24)19-12-5-7-21(8-6-12)10-14(18)22/h3-4,9,11-12,15H,5-8,10H2,1-2H3,(H2,18,22)(H,19,24)(H,20,23). The molecule has 4 N–H and O–H groups in total. The quantitative estimate of drug-likeness (QED) is 0.656. The number of hydrogen-bond acceptors (Lipinski definition) is 5. The Kier molecular flexibility index (Phi) is 6.95. The van der Waals surface area contributed by atoms with Crippen LogP contribution in [-0.2, 0) is 9.59 Å².